The molecule has 5 nitrogen and oxygen atoms in total. The molecule has 0 saturated heterocycles. The molecule has 0 radical (unpaired) electrons. The van der Waals surface area contributed by atoms with Crippen molar-refractivity contribution in [1.29, 1.82) is 0 Å². The number of sulfonamides is 1. The van der Waals surface area contributed by atoms with E-state index in [-0.39, 0.29) is 10.6 Å². The third-order valence-electron chi connectivity index (χ3n) is 2.75. The van der Waals surface area contributed by atoms with E-state index in [1.54, 1.807) is 18.2 Å². The Kier molecular flexibility index (Phi) is 4.32. The van der Waals surface area contributed by atoms with Crippen LogP contribution in [0.4, 0.5) is 10.1 Å². The molecule has 2 aromatic rings. The van der Waals surface area contributed by atoms with Crippen LogP contribution in [0, 0.1) is 5.82 Å². The van der Waals surface area contributed by atoms with Gasteiger partial charge in [0.25, 0.3) is 10.0 Å². The number of halogens is 1. The molecule has 0 spiro atoms. The normalized spacial score (nSPS) is 11.0. The number of nitrogens with one attached hydrogen (secondary N) is 1. The van der Waals surface area contributed by atoms with Crippen molar-refractivity contribution in [1.82, 2.24) is 0 Å². The number of hydrogen-bond donors (Lipinski definition) is 1. The zero-order chi connectivity index (χ0) is 15.5. The lowest BCUT2D eigenvalue weighted by Gasteiger charge is -2.10. The van der Waals surface area contributed by atoms with Crippen LogP contribution >= 0.6 is 0 Å². The van der Waals surface area contributed by atoms with Crippen LogP contribution in [-0.2, 0) is 10.0 Å². The Morgan fingerprint density at radius 2 is 1.81 bits per heavy atom. The van der Waals surface area contributed by atoms with Gasteiger partial charge >= 0.3 is 0 Å². The number of hydrogen-bond acceptors (Lipinski definition) is 4. The summed E-state index contributed by atoms with van der Waals surface area (Å²) in [5.74, 6) is -0.242. The van der Waals surface area contributed by atoms with E-state index < -0.39 is 15.8 Å². The van der Waals surface area contributed by atoms with Gasteiger partial charge in [0.05, 0.1) is 24.8 Å². The number of anilines is 1. The summed E-state index contributed by atoms with van der Waals surface area (Å²) in [6.07, 6.45) is 0. The average Bonchev–Trinajstić information content (AvgIpc) is 2.47. The molecule has 0 fully saturated rings. The minimum absolute atomic E-state index is 0.0939. The fourth-order valence-corrected chi connectivity index (χ4v) is 2.77. The molecule has 0 saturated carbocycles. The van der Waals surface area contributed by atoms with Crippen molar-refractivity contribution in [3.8, 4) is 11.5 Å². The minimum atomic E-state index is -3.84. The molecular weight excluding hydrogens is 297 g/mol. The van der Waals surface area contributed by atoms with Crippen molar-refractivity contribution in [2.24, 2.45) is 0 Å². The fraction of sp³-hybridized carbons (Fsp3) is 0.143. The Balaban J connectivity index is 2.33. The highest BCUT2D eigenvalue weighted by atomic mass is 32.2. The SMILES string of the molecule is COc1cccc(NS(=O)(=O)c2ccc(F)c(OC)c2)c1. The van der Waals surface area contributed by atoms with Gasteiger partial charge in [-0.1, -0.05) is 6.07 Å². The van der Waals surface area contributed by atoms with Crippen LogP contribution in [0.3, 0.4) is 0 Å². The first kappa shape index (κ1) is 15.1. The van der Waals surface area contributed by atoms with Crippen LogP contribution in [0.2, 0.25) is 0 Å². The van der Waals surface area contributed by atoms with Crippen molar-refractivity contribution in [2.75, 3.05) is 18.9 Å². The van der Waals surface area contributed by atoms with Crippen LogP contribution < -0.4 is 14.2 Å². The van der Waals surface area contributed by atoms with Gasteiger partial charge < -0.3 is 9.47 Å². The second-order valence-corrected chi connectivity index (χ2v) is 5.82. The van der Waals surface area contributed by atoms with Gasteiger partial charge in [0.15, 0.2) is 11.6 Å². The van der Waals surface area contributed by atoms with Gasteiger partial charge in [-0.25, -0.2) is 12.8 Å². The molecule has 0 atom stereocenters. The van der Waals surface area contributed by atoms with Crippen LogP contribution in [0.1, 0.15) is 0 Å². The minimum Gasteiger partial charge on any atom is -0.497 e. The lowest BCUT2D eigenvalue weighted by Crippen LogP contribution is -2.13. The van der Waals surface area contributed by atoms with E-state index in [4.69, 9.17) is 9.47 Å². The van der Waals surface area contributed by atoms with Crippen molar-refractivity contribution in [3.63, 3.8) is 0 Å². The molecule has 2 rings (SSSR count). The highest BCUT2D eigenvalue weighted by Crippen LogP contribution is 2.24. The Hall–Kier alpha value is -2.28. The fourth-order valence-electron chi connectivity index (χ4n) is 1.71. The highest BCUT2D eigenvalue weighted by molar-refractivity contribution is 7.92. The third kappa shape index (κ3) is 3.43. The van der Waals surface area contributed by atoms with Gasteiger partial charge in [-0.05, 0) is 24.3 Å². The summed E-state index contributed by atoms with van der Waals surface area (Å²) >= 11 is 0. The van der Waals surface area contributed by atoms with E-state index >= 15 is 0 Å². The molecule has 2 aromatic carbocycles. The van der Waals surface area contributed by atoms with Gasteiger partial charge in [-0.2, -0.15) is 0 Å². The molecule has 0 heterocycles. The summed E-state index contributed by atoms with van der Waals surface area (Å²) in [6, 6.07) is 9.80. The summed E-state index contributed by atoms with van der Waals surface area (Å²) in [6.45, 7) is 0. The summed E-state index contributed by atoms with van der Waals surface area (Å²) in [4.78, 5) is -0.0939. The molecule has 0 aromatic heterocycles. The first-order valence-electron chi connectivity index (χ1n) is 5.96. The van der Waals surface area contributed by atoms with E-state index in [9.17, 15) is 12.8 Å². The second kappa shape index (κ2) is 6.01. The molecule has 0 aliphatic carbocycles. The van der Waals surface area contributed by atoms with Gasteiger partial charge in [-0.15, -0.1) is 0 Å². The van der Waals surface area contributed by atoms with Crippen molar-refractivity contribution < 1.29 is 22.3 Å². The van der Waals surface area contributed by atoms with Gasteiger partial charge in [-0.3, -0.25) is 4.72 Å². The summed E-state index contributed by atoms with van der Waals surface area (Å²) < 4.78 is 50.0. The first-order valence-corrected chi connectivity index (χ1v) is 7.45. The third-order valence-corrected chi connectivity index (χ3v) is 4.13. The second-order valence-electron chi connectivity index (χ2n) is 4.13. The molecule has 1 N–H and O–H groups in total. The van der Waals surface area contributed by atoms with Crippen molar-refractivity contribution in [3.05, 3.63) is 48.3 Å². The standard InChI is InChI=1S/C14H14FNO4S/c1-19-11-5-3-4-10(8-11)16-21(17,18)12-6-7-13(15)14(9-12)20-2/h3-9,16H,1-2H3. The van der Waals surface area contributed by atoms with Crippen LogP contribution in [0.5, 0.6) is 11.5 Å². The van der Waals surface area contributed by atoms with E-state index in [2.05, 4.69) is 4.72 Å². The molecule has 0 amide bonds. The maximum absolute atomic E-state index is 13.3. The Morgan fingerprint density at radius 1 is 1.05 bits per heavy atom. The average molecular weight is 311 g/mol. The summed E-state index contributed by atoms with van der Waals surface area (Å²) in [7, 11) is -1.09. The van der Waals surface area contributed by atoms with Crippen LogP contribution in [0.25, 0.3) is 0 Å². The van der Waals surface area contributed by atoms with E-state index in [0.717, 1.165) is 12.1 Å². The monoisotopic (exact) mass is 311 g/mol. The maximum atomic E-state index is 13.3. The molecular formula is C14H14FNO4S. The van der Waals surface area contributed by atoms with Crippen LogP contribution in [-0.4, -0.2) is 22.6 Å². The largest absolute Gasteiger partial charge is 0.497 e. The summed E-state index contributed by atoms with van der Waals surface area (Å²) in [5, 5.41) is 0. The number of benzene rings is 2. The lowest BCUT2D eigenvalue weighted by atomic mass is 10.3. The van der Waals surface area contributed by atoms with Crippen molar-refractivity contribution >= 4 is 15.7 Å². The quantitative estimate of drug-likeness (QED) is 0.922. The Bertz CT molecular complexity index is 746. The molecule has 7 heteroatoms. The van der Waals surface area contributed by atoms with E-state index in [1.165, 1.54) is 26.4 Å². The predicted octanol–water partition coefficient (Wildman–Crippen LogP) is 2.64. The Labute approximate surface area is 122 Å². The summed E-state index contributed by atoms with van der Waals surface area (Å²) in [5.41, 5.74) is 0.345. The molecule has 21 heavy (non-hydrogen) atoms. The van der Waals surface area contributed by atoms with E-state index in [0.29, 0.717) is 11.4 Å². The van der Waals surface area contributed by atoms with Gasteiger partial charge in [0.1, 0.15) is 5.75 Å². The van der Waals surface area contributed by atoms with Gasteiger partial charge in [0.2, 0.25) is 0 Å². The molecule has 0 unspecified atom stereocenters. The predicted molar refractivity (Wildman–Crippen MR) is 76.8 cm³/mol. The zero-order valence-electron chi connectivity index (χ0n) is 11.5. The number of methoxy groups -OCH3 is 2. The van der Waals surface area contributed by atoms with Gasteiger partial charge in [0, 0.05) is 12.1 Å². The number of rotatable bonds is 5. The number of ether oxygens (including phenoxy) is 2. The van der Waals surface area contributed by atoms with Crippen molar-refractivity contribution in [2.45, 2.75) is 4.90 Å². The molecule has 0 aliphatic rings. The van der Waals surface area contributed by atoms with E-state index in [1.807, 2.05) is 0 Å². The molecule has 112 valence electrons. The topological polar surface area (TPSA) is 64.6 Å². The highest BCUT2D eigenvalue weighted by Gasteiger charge is 2.17. The maximum Gasteiger partial charge on any atom is 0.262 e. The smallest absolute Gasteiger partial charge is 0.262 e. The molecule has 0 aliphatic heterocycles. The Morgan fingerprint density at radius 3 is 2.48 bits per heavy atom. The zero-order valence-corrected chi connectivity index (χ0v) is 12.3. The van der Waals surface area contributed by atoms with Crippen LogP contribution in [0.15, 0.2) is 47.4 Å². The lowest BCUT2D eigenvalue weighted by molar-refractivity contribution is 0.385. The molecule has 0 bridgehead atoms. The first-order chi connectivity index (χ1) is 9.96.